The number of allylic oxidation sites excluding steroid dienone is 3. The standard InChI is InChI=1S/C10H18.2C10H16.H2/c3*1-7-4-5-8-6-9(7)10(8,2)3;/h7-9H,4-6H2,1-3H3;4,8-9H,5-6H2,1-3H3;8-9H,1,4-6H2,2-3H3;1H. The van der Waals surface area contributed by atoms with Gasteiger partial charge in [-0.25, -0.2) is 0 Å². The van der Waals surface area contributed by atoms with Crippen LogP contribution in [0.3, 0.4) is 0 Å². The van der Waals surface area contributed by atoms with Crippen molar-refractivity contribution in [3.8, 4) is 0 Å². The number of rotatable bonds is 0. The van der Waals surface area contributed by atoms with E-state index < -0.39 is 0 Å². The van der Waals surface area contributed by atoms with Gasteiger partial charge in [-0.1, -0.05) is 78.7 Å². The normalized spacial score (nSPS) is 45.0. The maximum atomic E-state index is 4.13. The first-order valence-corrected chi connectivity index (χ1v) is 13.2. The van der Waals surface area contributed by atoms with Crippen molar-refractivity contribution in [3.63, 3.8) is 0 Å². The third-order valence-corrected chi connectivity index (χ3v) is 11.7. The number of hydrogen-bond acceptors (Lipinski definition) is 0. The van der Waals surface area contributed by atoms with Gasteiger partial charge in [-0.2, -0.15) is 0 Å². The monoisotopic (exact) mass is 412 g/mol. The van der Waals surface area contributed by atoms with Crippen molar-refractivity contribution < 1.29 is 1.43 Å². The van der Waals surface area contributed by atoms with E-state index in [2.05, 4.69) is 68.0 Å². The summed E-state index contributed by atoms with van der Waals surface area (Å²) in [4.78, 5) is 0. The highest BCUT2D eigenvalue weighted by atomic mass is 14.6. The zero-order valence-corrected chi connectivity index (χ0v) is 21.5. The number of fused-ring (bicyclic) bond motifs is 5. The van der Waals surface area contributed by atoms with E-state index in [1.54, 1.807) is 5.57 Å². The van der Waals surface area contributed by atoms with Crippen molar-refractivity contribution in [2.75, 3.05) is 0 Å². The lowest BCUT2D eigenvalue weighted by molar-refractivity contribution is -0.0988. The largest absolute Gasteiger partial charge is 0.0996 e. The van der Waals surface area contributed by atoms with E-state index >= 15 is 0 Å². The minimum absolute atomic E-state index is 0. The maximum absolute atomic E-state index is 4.13. The second kappa shape index (κ2) is 7.52. The van der Waals surface area contributed by atoms with Gasteiger partial charge < -0.3 is 0 Å². The van der Waals surface area contributed by atoms with Crippen molar-refractivity contribution in [3.05, 3.63) is 23.8 Å². The van der Waals surface area contributed by atoms with E-state index in [9.17, 15) is 0 Å². The summed E-state index contributed by atoms with van der Waals surface area (Å²) in [7, 11) is 0. The van der Waals surface area contributed by atoms with E-state index in [0.717, 1.165) is 41.4 Å². The molecule has 172 valence electrons. The number of hydrogen-bond donors (Lipinski definition) is 0. The molecule has 30 heavy (non-hydrogen) atoms. The van der Waals surface area contributed by atoms with Crippen LogP contribution in [0.1, 0.15) is 108 Å². The minimum Gasteiger partial charge on any atom is -0.0996 e. The smallest absolute Gasteiger partial charge is 0 e. The predicted octanol–water partition coefficient (Wildman–Crippen LogP) is 9.32. The Bertz CT molecular complexity index is 702. The molecule has 0 spiro atoms. The summed E-state index contributed by atoms with van der Waals surface area (Å²) in [6, 6.07) is 0. The first-order chi connectivity index (χ1) is 13.9. The molecule has 7 atom stereocenters. The van der Waals surface area contributed by atoms with E-state index in [1.165, 1.54) is 56.9 Å². The molecule has 0 heteroatoms. The Morgan fingerprint density at radius 2 is 1.40 bits per heavy atom. The maximum Gasteiger partial charge on any atom is 0 e. The molecule has 9 rings (SSSR count). The van der Waals surface area contributed by atoms with Gasteiger partial charge in [-0.05, 0) is 110 Å². The lowest BCUT2D eigenvalue weighted by Crippen LogP contribution is -2.51. The SMILES string of the molecule is C=C1CCC2CC1C2(C)C.CC1=CCC2CC1C2(C)C.CC1CCC2CC1C2(C)C.[HH]. The van der Waals surface area contributed by atoms with Crippen LogP contribution in [0.25, 0.3) is 0 Å². The van der Waals surface area contributed by atoms with Crippen molar-refractivity contribution in [1.82, 2.24) is 0 Å². The van der Waals surface area contributed by atoms with Crippen molar-refractivity contribution in [1.29, 1.82) is 0 Å². The van der Waals surface area contributed by atoms with Gasteiger partial charge in [-0.15, -0.1) is 0 Å². The van der Waals surface area contributed by atoms with Crippen molar-refractivity contribution in [2.45, 2.75) is 107 Å². The Balaban J connectivity index is 0.000000130. The van der Waals surface area contributed by atoms with Crippen LogP contribution in [0.5, 0.6) is 0 Å². The Hall–Kier alpha value is -0.520. The van der Waals surface area contributed by atoms with E-state index in [4.69, 9.17) is 0 Å². The van der Waals surface area contributed by atoms with Crippen LogP contribution < -0.4 is 0 Å². The molecule has 9 aliphatic rings. The van der Waals surface area contributed by atoms with Crippen molar-refractivity contribution in [2.24, 2.45) is 57.7 Å². The summed E-state index contributed by atoms with van der Waals surface area (Å²) < 4.78 is 0. The molecular formula is C30H52. The van der Waals surface area contributed by atoms with Crippen LogP contribution in [0.4, 0.5) is 0 Å². The minimum atomic E-state index is 0. The van der Waals surface area contributed by atoms with Crippen LogP contribution in [-0.2, 0) is 0 Å². The average molecular weight is 413 g/mol. The predicted molar refractivity (Wildman–Crippen MR) is 133 cm³/mol. The van der Waals surface area contributed by atoms with E-state index in [1.807, 2.05) is 0 Å². The Kier molecular flexibility index (Phi) is 5.68. The van der Waals surface area contributed by atoms with Crippen LogP contribution in [0.15, 0.2) is 23.8 Å². The molecule has 7 saturated carbocycles. The fourth-order valence-electron chi connectivity index (χ4n) is 8.57. The molecule has 0 aromatic carbocycles. The molecule has 0 radical (unpaired) electrons. The van der Waals surface area contributed by atoms with Crippen LogP contribution >= 0.6 is 0 Å². The molecule has 9 aliphatic carbocycles. The molecule has 0 saturated heterocycles. The van der Waals surface area contributed by atoms with Crippen LogP contribution in [0, 0.1) is 57.7 Å². The van der Waals surface area contributed by atoms with Gasteiger partial charge in [0.1, 0.15) is 0 Å². The highest BCUT2D eigenvalue weighted by Gasteiger charge is 2.53. The molecule has 7 unspecified atom stereocenters. The molecule has 0 aliphatic heterocycles. The third-order valence-electron chi connectivity index (χ3n) is 11.7. The summed E-state index contributed by atoms with van der Waals surface area (Å²) in [5.41, 5.74) is 5.12. The van der Waals surface area contributed by atoms with Crippen LogP contribution in [-0.4, -0.2) is 0 Å². The first kappa shape index (κ1) is 22.7. The van der Waals surface area contributed by atoms with Crippen molar-refractivity contribution >= 4 is 0 Å². The summed E-state index contributed by atoms with van der Waals surface area (Å²) in [6.07, 6.45) is 13.9. The van der Waals surface area contributed by atoms with Gasteiger partial charge in [0.25, 0.3) is 0 Å². The quantitative estimate of drug-likeness (QED) is 0.348. The van der Waals surface area contributed by atoms with Crippen LogP contribution in [0.2, 0.25) is 0 Å². The molecule has 0 aromatic heterocycles. The fraction of sp³-hybridized carbons (Fsp3) is 0.867. The Labute approximate surface area is 189 Å². The summed E-state index contributed by atoms with van der Waals surface area (Å²) in [5, 5.41) is 0. The van der Waals surface area contributed by atoms with Gasteiger partial charge in [-0.3, -0.25) is 0 Å². The second-order valence-electron chi connectivity index (χ2n) is 13.9. The zero-order chi connectivity index (χ0) is 22.1. The molecule has 0 nitrogen and oxygen atoms in total. The van der Waals surface area contributed by atoms with Gasteiger partial charge in [0.05, 0.1) is 0 Å². The lowest BCUT2D eigenvalue weighted by Gasteiger charge is -2.59. The average Bonchev–Trinajstić information content (AvgIpc) is 2.68. The molecule has 0 heterocycles. The summed E-state index contributed by atoms with van der Waals surface area (Å²) in [5.74, 6) is 6.96. The molecule has 0 aromatic rings. The molecule has 7 fully saturated rings. The highest BCUT2D eigenvalue weighted by molar-refractivity contribution is 5.21. The highest BCUT2D eigenvalue weighted by Crippen LogP contribution is 2.62. The van der Waals surface area contributed by atoms with Gasteiger partial charge in [0.2, 0.25) is 0 Å². The molecule has 0 N–H and O–H groups in total. The van der Waals surface area contributed by atoms with Gasteiger partial charge in [0.15, 0.2) is 0 Å². The molecule has 6 bridgehead atoms. The fourth-order valence-corrected chi connectivity index (χ4v) is 8.57. The van der Waals surface area contributed by atoms with Gasteiger partial charge >= 0.3 is 0 Å². The Morgan fingerprint density at radius 1 is 0.800 bits per heavy atom. The summed E-state index contributed by atoms with van der Waals surface area (Å²) >= 11 is 0. The zero-order valence-electron chi connectivity index (χ0n) is 21.5. The second-order valence-corrected chi connectivity index (χ2v) is 13.9. The first-order valence-electron chi connectivity index (χ1n) is 13.2. The molecule has 0 amide bonds. The lowest BCUT2D eigenvalue weighted by atomic mass is 9.46. The van der Waals surface area contributed by atoms with E-state index in [-0.39, 0.29) is 1.43 Å². The van der Waals surface area contributed by atoms with Gasteiger partial charge in [0, 0.05) is 1.43 Å². The van der Waals surface area contributed by atoms with E-state index in [0.29, 0.717) is 16.2 Å². The third kappa shape index (κ3) is 3.47. The topological polar surface area (TPSA) is 0 Å². The Morgan fingerprint density at radius 3 is 1.70 bits per heavy atom. The molecular weight excluding hydrogens is 360 g/mol. The summed E-state index contributed by atoms with van der Waals surface area (Å²) in [6.45, 7) is 23.4.